The molecule has 114 valence electrons. The fourth-order valence-corrected chi connectivity index (χ4v) is 2.81. The fourth-order valence-electron chi connectivity index (χ4n) is 2.81. The highest BCUT2D eigenvalue weighted by Gasteiger charge is 2.30. The molecule has 0 spiro atoms. The van der Waals surface area contributed by atoms with Gasteiger partial charge in [-0.3, -0.25) is 14.9 Å². The summed E-state index contributed by atoms with van der Waals surface area (Å²) in [7, 11) is 0. The van der Waals surface area contributed by atoms with Crippen LogP contribution in [0.2, 0.25) is 0 Å². The number of nitro groups is 1. The summed E-state index contributed by atoms with van der Waals surface area (Å²) in [5, 5.41) is 22.8. The van der Waals surface area contributed by atoms with Gasteiger partial charge in [-0.25, -0.2) is 4.39 Å². The highest BCUT2D eigenvalue weighted by Crippen LogP contribution is 2.31. The summed E-state index contributed by atoms with van der Waals surface area (Å²) in [6.07, 6.45) is 3.31. The van der Waals surface area contributed by atoms with Gasteiger partial charge < -0.3 is 10.4 Å². The molecule has 0 bridgehead atoms. The lowest BCUT2D eigenvalue weighted by Gasteiger charge is -2.28. The number of benzene rings is 1. The second-order valence-corrected chi connectivity index (χ2v) is 5.33. The smallest absolute Gasteiger partial charge is 0.306 e. The highest BCUT2D eigenvalue weighted by molar-refractivity contribution is 5.70. The van der Waals surface area contributed by atoms with Crippen LogP contribution in [0.15, 0.2) is 18.2 Å². The average Bonchev–Trinajstić information content (AvgIpc) is 2.44. The van der Waals surface area contributed by atoms with Crippen molar-refractivity contribution in [2.75, 3.05) is 11.9 Å². The number of halogens is 1. The zero-order chi connectivity index (χ0) is 15.4. The molecule has 0 radical (unpaired) electrons. The van der Waals surface area contributed by atoms with Gasteiger partial charge in [0, 0.05) is 18.3 Å². The first kappa shape index (κ1) is 15.2. The number of non-ortho nitro benzene ring substituents is 1. The molecule has 1 aliphatic carbocycles. The molecule has 1 aliphatic rings. The van der Waals surface area contributed by atoms with Gasteiger partial charge >= 0.3 is 5.97 Å². The molecule has 0 aromatic heterocycles. The molecule has 1 aromatic carbocycles. The number of nitrogens with one attached hydrogen (secondary N) is 1. The van der Waals surface area contributed by atoms with Crippen molar-refractivity contribution in [2.24, 2.45) is 11.8 Å². The number of rotatable bonds is 5. The van der Waals surface area contributed by atoms with Crippen molar-refractivity contribution < 1.29 is 19.2 Å². The average molecular weight is 296 g/mol. The molecule has 0 amide bonds. The van der Waals surface area contributed by atoms with Crippen molar-refractivity contribution in [3.63, 3.8) is 0 Å². The van der Waals surface area contributed by atoms with E-state index in [1.165, 1.54) is 12.1 Å². The Kier molecular flexibility index (Phi) is 4.72. The molecule has 7 heteroatoms. The van der Waals surface area contributed by atoms with E-state index in [1.807, 2.05) is 0 Å². The molecule has 0 aliphatic heterocycles. The molecule has 2 N–H and O–H groups in total. The molecule has 2 rings (SSSR count). The number of carbonyl (C=O) groups is 1. The normalized spacial score (nSPS) is 21.8. The predicted molar refractivity (Wildman–Crippen MR) is 74.6 cm³/mol. The van der Waals surface area contributed by atoms with E-state index < -0.39 is 22.6 Å². The first-order valence-electron chi connectivity index (χ1n) is 6.89. The lowest BCUT2D eigenvalue weighted by atomic mass is 9.79. The van der Waals surface area contributed by atoms with Gasteiger partial charge in [0.15, 0.2) is 0 Å². The maximum absolute atomic E-state index is 13.3. The van der Waals surface area contributed by atoms with Gasteiger partial charge in [0.05, 0.1) is 16.9 Å². The van der Waals surface area contributed by atoms with Crippen molar-refractivity contribution >= 4 is 17.3 Å². The number of carboxylic acids is 1. The van der Waals surface area contributed by atoms with Gasteiger partial charge in [0.2, 0.25) is 0 Å². The van der Waals surface area contributed by atoms with E-state index in [-0.39, 0.29) is 11.6 Å². The van der Waals surface area contributed by atoms with Crippen LogP contribution in [0.1, 0.15) is 25.7 Å². The van der Waals surface area contributed by atoms with Crippen LogP contribution in [0.25, 0.3) is 0 Å². The Morgan fingerprint density at radius 1 is 1.38 bits per heavy atom. The maximum Gasteiger partial charge on any atom is 0.306 e. The quantitative estimate of drug-likeness (QED) is 0.643. The number of carboxylic acid groups (broad SMARTS) is 1. The number of hydrogen-bond acceptors (Lipinski definition) is 4. The molecule has 1 saturated carbocycles. The van der Waals surface area contributed by atoms with E-state index in [4.69, 9.17) is 0 Å². The number of hydrogen-bond donors (Lipinski definition) is 2. The second kappa shape index (κ2) is 6.51. The third kappa shape index (κ3) is 3.90. The van der Waals surface area contributed by atoms with Gasteiger partial charge in [-0.2, -0.15) is 0 Å². The molecule has 2 atom stereocenters. The summed E-state index contributed by atoms with van der Waals surface area (Å²) >= 11 is 0. The Morgan fingerprint density at radius 2 is 2.10 bits per heavy atom. The van der Waals surface area contributed by atoms with Crippen LogP contribution >= 0.6 is 0 Å². The summed E-state index contributed by atoms with van der Waals surface area (Å²) in [5.74, 6) is -1.95. The second-order valence-electron chi connectivity index (χ2n) is 5.33. The fraction of sp³-hybridized carbons (Fsp3) is 0.500. The predicted octanol–water partition coefficient (Wildman–Crippen LogP) is 3.04. The summed E-state index contributed by atoms with van der Waals surface area (Å²) in [4.78, 5) is 21.2. The molecular formula is C14H17FN2O4. The number of anilines is 1. The van der Waals surface area contributed by atoms with E-state index in [2.05, 4.69) is 5.32 Å². The Hall–Kier alpha value is -2.18. The first-order chi connectivity index (χ1) is 9.97. The van der Waals surface area contributed by atoms with Crippen molar-refractivity contribution in [3.8, 4) is 0 Å². The minimum absolute atomic E-state index is 0.0430. The minimum atomic E-state index is -0.813. The van der Waals surface area contributed by atoms with Crippen molar-refractivity contribution in [1.82, 2.24) is 0 Å². The molecule has 1 aromatic rings. The van der Waals surface area contributed by atoms with Crippen LogP contribution in [0.4, 0.5) is 15.8 Å². The maximum atomic E-state index is 13.3. The molecule has 1 fully saturated rings. The lowest BCUT2D eigenvalue weighted by molar-refractivity contribution is -0.385. The molecule has 0 saturated heterocycles. The van der Waals surface area contributed by atoms with Gasteiger partial charge in [-0.05, 0) is 24.8 Å². The summed E-state index contributed by atoms with van der Waals surface area (Å²) in [6.45, 7) is 0.373. The molecule has 0 heterocycles. The zero-order valence-corrected chi connectivity index (χ0v) is 11.4. The van der Waals surface area contributed by atoms with Gasteiger partial charge in [0.1, 0.15) is 5.82 Å². The summed E-state index contributed by atoms with van der Waals surface area (Å²) < 4.78 is 13.3. The highest BCUT2D eigenvalue weighted by atomic mass is 19.1. The number of aliphatic carboxylic acids is 1. The largest absolute Gasteiger partial charge is 0.481 e. The topological polar surface area (TPSA) is 92.5 Å². The van der Waals surface area contributed by atoms with E-state index >= 15 is 0 Å². The van der Waals surface area contributed by atoms with Crippen molar-refractivity contribution in [1.29, 1.82) is 0 Å². The Morgan fingerprint density at radius 3 is 2.76 bits per heavy atom. The van der Waals surface area contributed by atoms with Crippen LogP contribution in [-0.4, -0.2) is 22.5 Å². The van der Waals surface area contributed by atoms with Crippen molar-refractivity contribution in [3.05, 3.63) is 34.1 Å². The van der Waals surface area contributed by atoms with E-state index in [0.717, 1.165) is 25.3 Å². The van der Waals surface area contributed by atoms with E-state index in [0.29, 0.717) is 18.7 Å². The van der Waals surface area contributed by atoms with Gasteiger partial charge in [-0.15, -0.1) is 0 Å². The molecule has 6 nitrogen and oxygen atoms in total. The Balaban J connectivity index is 2.05. The third-order valence-corrected chi connectivity index (χ3v) is 3.89. The third-order valence-electron chi connectivity index (χ3n) is 3.89. The zero-order valence-electron chi connectivity index (χ0n) is 11.4. The monoisotopic (exact) mass is 296 g/mol. The molecule has 21 heavy (non-hydrogen) atoms. The summed E-state index contributed by atoms with van der Waals surface area (Å²) in [5.41, 5.74) is -0.0210. The van der Waals surface area contributed by atoms with E-state index in [9.17, 15) is 24.4 Å². The summed E-state index contributed by atoms with van der Waals surface area (Å²) in [6, 6.07) is 3.28. The Bertz CT molecular complexity index is 550. The van der Waals surface area contributed by atoms with Crippen LogP contribution in [0.5, 0.6) is 0 Å². The number of nitro benzene ring substituents is 1. The van der Waals surface area contributed by atoms with Gasteiger partial charge in [-0.1, -0.05) is 12.8 Å². The molecule has 2 unspecified atom stereocenters. The Labute approximate surface area is 121 Å². The van der Waals surface area contributed by atoms with Crippen LogP contribution in [0, 0.1) is 27.8 Å². The van der Waals surface area contributed by atoms with Crippen LogP contribution in [-0.2, 0) is 4.79 Å². The van der Waals surface area contributed by atoms with Gasteiger partial charge in [0.25, 0.3) is 5.69 Å². The van der Waals surface area contributed by atoms with Crippen molar-refractivity contribution in [2.45, 2.75) is 25.7 Å². The minimum Gasteiger partial charge on any atom is -0.481 e. The van der Waals surface area contributed by atoms with E-state index in [1.54, 1.807) is 0 Å². The number of nitrogens with zero attached hydrogens (tertiary/aromatic N) is 1. The molecular weight excluding hydrogens is 279 g/mol. The van der Waals surface area contributed by atoms with Crippen LogP contribution < -0.4 is 5.32 Å². The first-order valence-corrected chi connectivity index (χ1v) is 6.89. The van der Waals surface area contributed by atoms with Crippen LogP contribution in [0.3, 0.4) is 0 Å². The lowest BCUT2D eigenvalue weighted by Crippen LogP contribution is -2.31. The SMILES string of the molecule is O=C(O)C1CCCCC1CNc1cc(F)cc([N+](=O)[O-])c1. The standard InChI is InChI=1S/C14H17FN2O4/c15-10-5-11(7-12(6-10)17(20)21)16-8-9-3-1-2-4-13(9)14(18)19/h5-7,9,13,16H,1-4,8H2,(H,18,19).